The molecule has 2 heterocycles. The SMILES string of the molecule is CCOC(=O)c1cnc(-c2ccc(C(F)(F)F)nc2)o1. The lowest BCUT2D eigenvalue weighted by Crippen LogP contribution is -2.07. The van der Waals surface area contributed by atoms with Crippen molar-refractivity contribution in [1.82, 2.24) is 9.97 Å². The van der Waals surface area contributed by atoms with Gasteiger partial charge in [-0.2, -0.15) is 13.2 Å². The zero-order valence-electron chi connectivity index (χ0n) is 10.3. The summed E-state index contributed by atoms with van der Waals surface area (Å²) in [7, 11) is 0. The number of halogens is 3. The summed E-state index contributed by atoms with van der Waals surface area (Å²) in [6, 6.07) is 1.97. The van der Waals surface area contributed by atoms with E-state index in [1.807, 2.05) is 0 Å². The van der Waals surface area contributed by atoms with Gasteiger partial charge >= 0.3 is 12.1 Å². The van der Waals surface area contributed by atoms with Crippen molar-refractivity contribution >= 4 is 5.97 Å². The molecule has 2 aromatic heterocycles. The lowest BCUT2D eigenvalue weighted by atomic mass is 10.2. The number of hydrogen-bond acceptors (Lipinski definition) is 5. The Hall–Kier alpha value is -2.38. The minimum absolute atomic E-state index is 0.00530. The Kier molecular flexibility index (Phi) is 3.73. The predicted octanol–water partition coefficient (Wildman–Crippen LogP) is 2.93. The van der Waals surface area contributed by atoms with E-state index >= 15 is 0 Å². The van der Waals surface area contributed by atoms with E-state index in [4.69, 9.17) is 9.15 Å². The van der Waals surface area contributed by atoms with Crippen molar-refractivity contribution < 1.29 is 27.1 Å². The van der Waals surface area contributed by atoms with Crippen LogP contribution in [0.4, 0.5) is 13.2 Å². The van der Waals surface area contributed by atoms with Crippen LogP contribution in [0, 0.1) is 0 Å². The number of carbonyl (C=O) groups excluding carboxylic acids is 1. The molecule has 0 amide bonds. The van der Waals surface area contributed by atoms with E-state index in [0.29, 0.717) is 0 Å². The fourth-order valence-corrected chi connectivity index (χ4v) is 1.39. The van der Waals surface area contributed by atoms with Crippen molar-refractivity contribution in [2.45, 2.75) is 13.1 Å². The van der Waals surface area contributed by atoms with E-state index in [1.165, 1.54) is 0 Å². The number of esters is 1. The number of pyridine rings is 1. The van der Waals surface area contributed by atoms with Crippen molar-refractivity contribution in [2.24, 2.45) is 0 Å². The normalized spacial score (nSPS) is 11.4. The molecule has 0 spiro atoms. The molecule has 0 aromatic carbocycles. The number of ether oxygens (including phenoxy) is 1. The van der Waals surface area contributed by atoms with Gasteiger partial charge in [-0.05, 0) is 19.1 Å². The zero-order chi connectivity index (χ0) is 14.8. The van der Waals surface area contributed by atoms with Crippen molar-refractivity contribution in [3.8, 4) is 11.5 Å². The molecular weight excluding hydrogens is 277 g/mol. The highest BCUT2D eigenvalue weighted by molar-refractivity contribution is 5.86. The molecule has 0 saturated carbocycles. The van der Waals surface area contributed by atoms with Gasteiger partial charge in [0.25, 0.3) is 0 Å². The third-order valence-electron chi connectivity index (χ3n) is 2.28. The molecule has 2 rings (SSSR count). The average molecular weight is 286 g/mol. The molecule has 8 heteroatoms. The summed E-state index contributed by atoms with van der Waals surface area (Å²) in [4.78, 5) is 18.4. The van der Waals surface area contributed by atoms with E-state index in [2.05, 4.69) is 9.97 Å². The van der Waals surface area contributed by atoms with Crippen LogP contribution in [0.1, 0.15) is 23.2 Å². The Morgan fingerprint density at radius 2 is 2.05 bits per heavy atom. The highest BCUT2D eigenvalue weighted by Gasteiger charge is 2.32. The molecule has 0 radical (unpaired) electrons. The number of alkyl halides is 3. The van der Waals surface area contributed by atoms with Crippen molar-refractivity contribution in [3.63, 3.8) is 0 Å². The van der Waals surface area contributed by atoms with Crippen LogP contribution in [0.15, 0.2) is 28.9 Å². The van der Waals surface area contributed by atoms with E-state index < -0.39 is 17.8 Å². The van der Waals surface area contributed by atoms with Gasteiger partial charge in [0.2, 0.25) is 11.7 Å². The standard InChI is InChI=1S/C12H9F3N2O3/c1-2-19-11(18)8-6-17-10(20-8)7-3-4-9(16-5-7)12(13,14)15/h3-6H,2H2,1H3. The Morgan fingerprint density at radius 1 is 1.30 bits per heavy atom. The topological polar surface area (TPSA) is 65.2 Å². The Labute approximate surface area is 111 Å². The van der Waals surface area contributed by atoms with Crippen LogP contribution >= 0.6 is 0 Å². The molecular formula is C12H9F3N2O3. The van der Waals surface area contributed by atoms with Crippen molar-refractivity contribution in [3.05, 3.63) is 36.0 Å². The molecule has 2 aromatic rings. The molecule has 0 aliphatic rings. The third kappa shape index (κ3) is 2.95. The first kappa shape index (κ1) is 14.0. The number of rotatable bonds is 3. The summed E-state index contributed by atoms with van der Waals surface area (Å²) in [5, 5.41) is 0. The monoisotopic (exact) mass is 286 g/mol. The van der Waals surface area contributed by atoms with Gasteiger partial charge in [0, 0.05) is 6.20 Å². The van der Waals surface area contributed by atoms with Gasteiger partial charge in [0.15, 0.2) is 0 Å². The minimum atomic E-state index is -4.51. The Balaban J connectivity index is 2.22. The van der Waals surface area contributed by atoms with E-state index in [-0.39, 0.29) is 23.8 Å². The summed E-state index contributed by atoms with van der Waals surface area (Å²) >= 11 is 0. The van der Waals surface area contributed by atoms with Crippen LogP contribution in [0.3, 0.4) is 0 Å². The number of hydrogen-bond donors (Lipinski definition) is 0. The number of aromatic nitrogens is 2. The number of carbonyl (C=O) groups is 1. The molecule has 0 aliphatic carbocycles. The molecule has 0 atom stereocenters. The van der Waals surface area contributed by atoms with E-state index in [1.54, 1.807) is 6.92 Å². The average Bonchev–Trinajstić information content (AvgIpc) is 2.88. The molecule has 0 saturated heterocycles. The molecule has 0 bridgehead atoms. The first-order valence-corrected chi connectivity index (χ1v) is 5.58. The first-order chi connectivity index (χ1) is 9.41. The van der Waals surface area contributed by atoms with Crippen LogP contribution < -0.4 is 0 Å². The van der Waals surface area contributed by atoms with Crippen LogP contribution in [-0.2, 0) is 10.9 Å². The summed E-state index contributed by atoms with van der Waals surface area (Å²) in [6.45, 7) is 1.81. The lowest BCUT2D eigenvalue weighted by molar-refractivity contribution is -0.141. The summed E-state index contributed by atoms with van der Waals surface area (Å²) < 4.78 is 46.9. The maximum atomic E-state index is 12.4. The van der Waals surface area contributed by atoms with Gasteiger partial charge in [-0.15, -0.1) is 0 Å². The molecule has 0 fully saturated rings. The summed E-state index contributed by atoms with van der Waals surface area (Å²) in [5.41, 5.74) is -0.785. The van der Waals surface area contributed by atoms with Crippen LogP contribution in [0.25, 0.3) is 11.5 Å². The molecule has 0 N–H and O–H groups in total. The fraction of sp³-hybridized carbons (Fsp3) is 0.250. The van der Waals surface area contributed by atoms with Crippen molar-refractivity contribution in [1.29, 1.82) is 0 Å². The minimum Gasteiger partial charge on any atom is -0.460 e. The van der Waals surface area contributed by atoms with Crippen LogP contribution in [-0.4, -0.2) is 22.5 Å². The van der Waals surface area contributed by atoms with E-state index in [0.717, 1.165) is 24.5 Å². The summed E-state index contributed by atoms with van der Waals surface area (Å²) in [6.07, 6.45) is -2.39. The van der Waals surface area contributed by atoms with Gasteiger partial charge in [0.1, 0.15) is 5.69 Å². The molecule has 20 heavy (non-hydrogen) atoms. The second kappa shape index (κ2) is 5.32. The van der Waals surface area contributed by atoms with E-state index in [9.17, 15) is 18.0 Å². The molecule has 106 valence electrons. The predicted molar refractivity (Wildman–Crippen MR) is 60.7 cm³/mol. The molecule has 0 aliphatic heterocycles. The van der Waals surface area contributed by atoms with Gasteiger partial charge in [-0.1, -0.05) is 0 Å². The summed E-state index contributed by atoms with van der Waals surface area (Å²) in [5.74, 6) is -0.817. The van der Waals surface area contributed by atoms with Gasteiger partial charge in [-0.25, -0.2) is 9.78 Å². The highest BCUT2D eigenvalue weighted by atomic mass is 19.4. The van der Waals surface area contributed by atoms with Crippen molar-refractivity contribution in [2.75, 3.05) is 6.61 Å². The molecule has 5 nitrogen and oxygen atoms in total. The Bertz CT molecular complexity index is 605. The van der Waals surface area contributed by atoms with Gasteiger partial charge < -0.3 is 9.15 Å². The Morgan fingerprint density at radius 3 is 2.60 bits per heavy atom. The second-order valence-electron chi connectivity index (χ2n) is 3.68. The second-order valence-corrected chi connectivity index (χ2v) is 3.68. The number of nitrogens with zero attached hydrogens (tertiary/aromatic N) is 2. The smallest absolute Gasteiger partial charge is 0.433 e. The first-order valence-electron chi connectivity index (χ1n) is 5.58. The van der Waals surface area contributed by atoms with Gasteiger partial charge in [-0.3, -0.25) is 4.98 Å². The quantitative estimate of drug-likeness (QED) is 0.812. The zero-order valence-corrected chi connectivity index (χ0v) is 10.3. The maximum absolute atomic E-state index is 12.4. The highest BCUT2D eigenvalue weighted by Crippen LogP contribution is 2.28. The maximum Gasteiger partial charge on any atom is 0.433 e. The van der Waals surface area contributed by atoms with Crippen LogP contribution in [0.5, 0.6) is 0 Å². The largest absolute Gasteiger partial charge is 0.460 e. The number of oxazole rings is 1. The lowest BCUT2D eigenvalue weighted by Gasteiger charge is -2.04. The third-order valence-corrected chi connectivity index (χ3v) is 2.28. The van der Waals surface area contributed by atoms with Gasteiger partial charge in [0.05, 0.1) is 18.4 Å². The van der Waals surface area contributed by atoms with Crippen LogP contribution in [0.2, 0.25) is 0 Å². The molecule has 0 unspecified atom stereocenters. The fourth-order valence-electron chi connectivity index (χ4n) is 1.39.